The number of hydrogen-bond donors (Lipinski definition) is 0. The number of amides is 1. The maximum absolute atomic E-state index is 12.8. The van der Waals surface area contributed by atoms with E-state index in [9.17, 15) is 4.79 Å². The van der Waals surface area contributed by atoms with Gasteiger partial charge in [-0.2, -0.15) is 5.10 Å². The van der Waals surface area contributed by atoms with Crippen LogP contribution in [0.3, 0.4) is 0 Å². The number of ether oxygens (including phenoxy) is 2. The SMILES string of the molecule is COCCOCc1cnc(C)nc1C1CCN(C(=O)CCc2c(C)nn(C)c2C)CC1. The van der Waals surface area contributed by atoms with Crippen LogP contribution in [0.2, 0.25) is 0 Å². The minimum Gasteiger partial charge on any atom is -0.382 e. The molecule has 0 N–H and O–H groups in total. The number of likely N-dealkylation sites (tertiary alicyclic amines) is 1. The molecule has 31 heavy (non-hydrogen) atoms. The van der Waals surface area contributed by atoms with Gasteiger partial charge in [0, 0.05) is 57.0 Å². The van der Waals surface area contributed by atoms with Crippen LogP contribution in [-0.2, 0) is 34.3 Å². The van der Waals surface area contributed by atoms with Gasteiger partial charge in [-0.15, -0.1) is 0 Å². The van der Waals surface area contributed by atoms with E-state index >= 15 is 0 Å². The van der Waals surface area contributed by atoms with Crippen LogP contribution in [0, 0.1) is 20.8 Å². The highest BCUT2D eigenvalue weighted by atomic mass is 16.5. The highest BCUT2D eigenvalue weighted by Crippen LogP contribution is 2.30. The lowest BCUT2D eigenvalue weighted by atomic mass is 9.90. The van der Waals surface area contributed by atoms with Gasteiger partial charge >= 0.3 is 0 Å². The number of rotatable bonds is 9. The van der Waals surface area contributed by atoms with E-state index in [0.29, 0.717) is 32.2 Å². The monoisotopic (exact) mass is 429 g/mol. The maximum atomic E-state index is 12.8. The molecule has 2 aromatic heterocycles. The van der Waals surface area contributed by atoms with E-state index in [2.05, 4.69) is 17.0 Å². The van der Waals surface area contributed by atoms with Crippen LogP contribution in [0.5, 0.6) is 0 Å². The Morgan fingerprint density at radius 3 is 2.58 bits per heavy atom. The smallest absolute Gasteiger partial charge is 0.222 e. The van der Waals surface area contributed by atoms with E-state index in [-0.39, 0.29) is 5.91 Å². The lowest BCUT2D eigenvalue weighted by molar-refractivity contribution is -0.132. The summed E-state index contributed by atoms with van der Waals surface area (Å²) in [6, 6.07) is 0. The second kappa shape index (κ2) is 10.8. The molecule has 8 nitrogen and oxygen atoms in total. The molecule has 1 aliphatic rings. The van der Waals surface area contributed by atoms with E-state index < -0.39 is 0 Å². The van der Waals surface area contributed by atoms with Crippen LogP contribution in [0.4, 0.5) is 0 Å². The first-order chi connectivity index (χ1) is 14.9. The number of carbonyl (C=O) groups excluding carboxylic acids is 1. The fourth-order valence-corrected chi connectivity index (χ4v) is 4.27. The summed E-state index contributed by atoms with van der Waals surface area (Å²) in [7, 11) is 3.61. The molecule has 8 heteroatoms. The van der Waals surface area contributed by atoms with E-state index in [0.717, 1.165) is 60.8 Å². The molecule has 170 valence electrons. The number of methoxy groups -OCH3 is 1. The number of nitrogens with zero attached hydrogens (tertiary/aromatic N) is 5. The molecule has 0 saturated carbocycles. The minimum absolute atomic E-state index is 0.225. The van der Waals surface area contributed by atoms with Gasteiger partial charge in [-0.3, -0.25) is 9.48 Å². The van der Waals surface area contributed by atoms with E-state index in [1.165, 1.54) is 5.56 Å². The summed E-state index contributed by atoms with van der Waals surface area (Å²) in [5, 5.41) is 4.45. The van der Waals surface area contributed by atoms with Crippen molar-refractivity contribution in [2.75, 3.05) is 33.4 Å². The molecule has 3 heterocycles. The molecule has 0 unspecified atom stereocenters. The van der Waals surface area contributed by atoms with Crippen LogP contribution in [0.1, 0.15) is 59.2 Å². The fourth-order valence-electron chi connectivity index (χ4n) is 4.27. The zero-order valence-corrected chi connectivity index (χ0v) is 19.5. The number of piperidine rings is 1. The first-order valence-corrected chi connectivity index (χ1v) is 11.1. The topological polar surface area (TPSA) is 82.4 Å². The molecule has 0 aliphatic carbocycles. The number of aromatic nitrogens is 4. The van der Waals surface area contributed by atoms with Crippen molar-refractivity contribution in [2.45, 2.75) is 59.0 Å². The van der Waals surface area contributed by atoms with Crippen LogP contribution in [0.15, 0.2) is 6.20 Å². The van der Waals surface area contributed by atoms with Crippen molar-refractivity contribution in [1.82, 2.24) is 24.6 Å². The van der Waals surface area contributed by atoms with E-state index in [1.54, 1.807) is 7.11 Å². The second-order valence-corrected chi connectivity index (χ2v) is 8.30. The zero-order valence-electron chi connectivity index (χ0n) is 19.5. The predicted octanol–water partition coefficient (Wildman–Crippen LogP) is 2.64. The standard InChI is InChI=1S/C23H35N5O3/c1-16-21(17(2)27(4)26-16)6-7-22(29)28-10-8-19(9-11-28)23-20(14-24-18(3)25-23)15-31-13-12-30-5/h14,19H,6-13,15H2,1-5H3. The molecule has 0 radical (unpaired) electrons. The van der Waals surface area contributed by atoms with Gasteiger partial charge in [-0.25, -0.2) is 9.97 Å². The van der Waals surface area contributed by atoms with Crippen LogP contribution in [-0.4, -0.2) is 64.0 Å². The molecule has 0 bridgehead atoms. The third-order valence-corrected chi connectivity index (χ3v) is 6.19. The number of carbonyl (C=O) groups is 1. The van der Waals surface area contributed by atoms with Crippen molar-refractivity contribution in [3.05, 3.63) is 40.2 Å². The molecule has 0 atom stereocenters. The van der Waals surface area contributed by atoms with Crippen LogP contribution < -0.4 is 0 Å². The normalized spacial score (nSPS) is 14.9. The van der Waals surface area contributed by atoms with Crippen molar-refractivity contribution in [2.24, 2.45) is 7.05 Å². The Morgan fingerprint density at radius 2 is 1.94 bits per heavy atom. The van der Waals surface area contributed by atoms with Crippen molar-refractivity contribution < 1.29 is 14.3 Å². The summed E-state index contributed by atoms with van der Waals surface area (Å²) in [5.74, 6) is 1.33. The summed E-state index contributed by atoms with van der Waals surface area (Å²) in [5.41, 5.74) is 5.46. The summed E-state index contributed by atoms with van der Waals surface area (Å²) in [6.07, 6.45) is 4.98. The third kappa shape index (κ3) is 5.89. The lowest BCUT2D eigenvalue weighted by Crippen LogP contribution is -2.38. The molecule has 1 saturated heterocycles. The molecule has 1 fully saturated rings. The maximum Gasteiger partial charge on any atom is 0.222 e. The van der Waals surface area contributed by atoms with Gasteiger partial charge < -0.3 is 14.4 Å². The zero-order chi connectivity index (χ0) is 22.4. The average Bonchev–Trinajstić information content (AvgIpc) is 3.01. The summed E-state index contributed by atoms with van der Waals surface area (Å²) >= 11 is 0. The predicted molar refractivity (Wildman–Crippen MR) is 118 cm³/mol. The van der Waals surface area contributed by atoms with Gasteiger partial charge in [0.2, 0.25) is 5.91 Å². The number of hydrogen-bond acceptors (Lipinski definition) is 6. The van der Waals surface area contributed by atoms with Gasteiger partial charge in [-0.05, 0) is 45.6 Å². The van der Waals surface area contributed by atoms with Crippen molar-refractivity contribution in [3.63, 3.8) is 0 Å². The Kier molecular flexibility index (Phi) is 8.15. The van der Waals surface area contributed by atoms with Gasteiger partial charge in [0.25, 0.3) is 0 Å². The molecule has 1 aliphatic heterocycles. The quantitative estimate of drug-likeness (QED) is 0.570. The Morgan fingerprint density at radius 1 is 1.19 bits per heavy atom. The highest BCUT2D eigenvalue weighted by Gasteiger charge is 2.26. The number of aryl methyl sites for hydroxylation is 3. The molecule has 3 rings (SSSR count). The lowest BCUT2D eigenvalue weighted by Gasteiger charge is -2.32. The fraction of sp³-hybridized carbons (Fsp3) is 0.652. The Balaban J connectivity index is 1.55. The molecule has 2 aromatic rings. The van der Waals surface area contributed by atoms with Crippen LogP contribution >= 0.6 is 0 Å². The van der Waals surface area contributed by atoms with Gasteiger partial charge in [0.15, 0.2) is 0 Å². The summed E-state index contributed by atoms with van der Waals surface area (Å²) < 4.78 is 12.6. The summed E-state index contributed by atoms with van der Waals surface area (Å²) in [6.45, 7) is 9.13. The van der Waals surface area contributed by atoms with Crippen LogP contribution in [0.25, 0.3) is 0 Å². The molecule has 0 spiro atoms. The van der Waals surface area contributed by atoms with Gasteiger partial charge in [-0.1, -0.05) is 0 Å². The molecular formula is C23H35N5O3. The van der Waals surface area contributed by atoms with Crippen molar-refractivity contribution >= 4 is 5.91 Å². The molecule has 1 amide bonds. The molecule has 0 aromatic carbocycles. The highest BCUT2D eigenvalue weighted by molar-refractivity contribution is 5.76. The Hall–Kier alpha value is -2.32. The first-order valence-electron chi connectivity index (χ1n) is 11.1. The van der Waals surface area contributed by atoms with Gasteiger partial charge in [0.05, 0.1) is 31.2 Å². The average molecular weight is 430 g/mol. The van der Waals surface area contributed by atoms with Crippen molar-refractivity contribution in [3.8, 4) is 0 Å². The van der Waals surface area contributed by atoms with Gasteiger partial charge in [0.1, 0.15) is 5.82 Å². The first kappa shape index (κ1) is 23.3. The minimum atomic E-state index is 0.225. The largest absolute Gasteiger partial charge is 0.382 e. The summed E-state index contributed by atoms with van der Waals surface area (Å²) in [4.78, 5) is 23.9. The third-order valence-electron chi connectivity index (χ3n) is 6.19. The van der Waals surface area contributed by atoms with E-state index in [1.807, 2.05) is 36.7 Å². The Labute approximate surface area is 185 Å². The Bertz CT molecular complexity index is 888. The second-order valence-electron chi connectivity index (χ2n) is 8.30. The molecular weight excluding hydrogens is 394 g/mol. The van der Waals surface area contributed by atoms with Crippen molar-refractivity contribution in [1.29, 1.82) is 0 Å². The van der Waals surface area contributed by atoms with E-state index in [4.69, 9.17) is 14.5 Å².